The lowest BCUT2D eigenvalue weighted by molar-refractivity contribution is -0.120. The van der Waals surface area contributed by atoms with Crippen LogP contribution in [0.4, 0.5) is 5.69 Å². The van der Waals surface area contributed by atoms with Crippen LogP contribution < -0.4 is 5.32 Å². The number of amides is 1. The maximum Gasteiger partial charge on any atom is 0.241 e. The summed E-state index contributed by atoms with van der Waals surface area (Å²) in [5.41, 5.74) is 3.57. The predicted molar refractivity (Wildman–Crippen MR) is 91.9 cm³/mol. The average Bonchev–Trinajstić information content (AvgIpc) is 2.56. The molecule has 0 aliphatic heterocycles. The third-order valence-electron chi connectivity index (χ3n) is 3.85. The summed E-state index contributed by atoms with van der Waals surface area (Å²) in [7, 11) is 1.93. The van der Waals surface area contributed by atoms with Gasteiger partial charge in [0.15, 0.2) is 0 Å². The lowest BCUT2D eigenvalue weighted by Gasteiger charge is -2.24. The van der Waals surface area contributed by atoms with Gasteiger partial charge in [0.25, 0.3) is 0 Å². The molecule has 2 aromatic carbocycles. The number of aryl methyl sites for hydroxylation is 1. The van der Waals surface area contributed by atoms with E-state index in [1.54, 1.807) is 24.3 Å². The van der Waals surface area contributed by atoms with Gasteiger partial charge in [-0.15, -0.1) is 0 Å². The Bertz CT molecular complexity index is 716. The highest BCUT2D eigenvalue weighted by molar-refractivity contribution is 5.94. The van der Waals surface area contributed by atoms with Crippen molar-refractivity contribution in [1.29, 1.82) is 5.26 Å². The second-order valence-corrected chi connectivity index (χ2v) is 5.76. The molecule has 1 amide bonds. The van der Waals surface area contributed by atoms with Crippen molar-refractivity contribution in [3.63, 3.8) is 0 Å². The zero-order chi connectivity index (χ0) is 16.8. The topological polar surface area (TPSA) is 56.1 Å². The van der Waals surface area contributed by atoms with Crippen molar-refractivity contribution in [2.45, 2.75) is 26.4 Å². The van der Waals surface area contributed by atoms with Crippen molar-refractivity contribution < 1.29 is 4.79 Å². The second kappa shape index (κ2) is 7.57. The number of nitrogens with zero attached hydrogens (tertiary/aromatic N) is 2. The molecule has 0 heterocycles. The molecule has 0 aliphatic rings. The highest BCUT2D eigenvalue weighted by Gasteiger charge is 2.18. The molecule has 4 heteroatoms. The quantitative estimate of drug-likeness (QED) is 0.922. The van der Waals surface area contributed by atoms with Gasteiger partial charge in [-0.25, -0.2) is 0 Å². The number of nitrogens with one attached hydrogen (secondary N) is 1. The van der Waals surface area contributed by atoms with E-state index in [1.165, 1.54) is 11.1 Å². The minimum atomic E-state index is -0.276. The van der Waals surface area contributed by atoms with E-state index < -0.39 is 0 Å². The number of benzene rings is 2. The monoisotopic (exact) mass is 307 g/mol. The summed E-state index contributed by atoms with van der Waals surface area (Å²) in [4.78, 5) is 14.4. The number of likely N-dealkylation sites (N-methyl/N-ethyl adjacent to an activating group) is 1. The van der Waals surface area contributed by atoms with Crippen LogP contribution in [0.15, 0.2) is 48.5 Å². The fourth-order valence-corrected chi connectivity index (χ4v) is 2.23. The van der Waals surface area contributed by atoms with Gasteiger partial charge in [-0.05, 0) is 44.7 Å². The molecule has 2 aromatic rings. The van der Waals surface area contributed by atoms with E-state index in [4.69, 9.17) is 5.26 Å². The molecule has 0 aliphatic carbocycles. The molecule has 0 fully saturated rings. The highest BCUT2D eigenvalue weighted by Crippen LogP contribution is 2.12. The first kappa shape index (κ1) is 16.7. The van der Waals surface area contributed by atoms with Crippen molar-refractivity contribution in [2.75, 3.05) is 12.4 Å². The van der Waals surface area contributed by atoms with E-state index in [9.17, 15) is 4.79 Å². The van der Waals surface area contributed by atoms with Crippen molar-refractivity contribution in [1.82, 2.24) is 4.90 Å². The highest BCUT2D eigenvalue weighted by atomic mass is 16.2. The fourth-order valence-electron chi connectivity index (χ4n) is 2.23. The van der Waals surface area contributed by atoms with Crippen LogP contribution in [0.3, 0.4) is 0 Å². The van der Waals surface area contributed by atoms with Gasteiger partial charge < -0.3 is 5.32 Å². The largest absolute Gasteiger partial charge is 0.325 e. The minimum absolute atomic E-state index is 0.0882. The fraction of sp³-hybridized carbons (Fsp3) is 0.263. The molecule has 118 valence electrons. The summed E-state index contributed by atoms with van der Waals surface area (Å²) in [6.45, 7) is 4.63. The Morgan fingerprint density at radius 3 is 2.61 bits per heavy atom. The SMILES string of the molecule is Cc1ccc(CN(C)[C@@H](C)C(=O)Nc2cccc(C#N)c2)cc1. The van der Waals surface area contributed by atoms with Crippen molar-refractivity contribution in [2.24, 2.45) is 0 Å². The first-order valence-corrected chi connectivity index (χ1v) is 7.56. The lowest BCUT2D eigenvalue weighted by atomic mass is 10.1. The average molecular weight is 307 g/mol. The molecule has 0 saturated carbocycles. The smallest absolute Gasteiger partial charge is 0.241 e. The standard InChI is InChI=1S/C19H21N3O/c1-14-7-9-16(10-8-14)13-22(3)15(2)19(23)21-18-6-4-5-17(11-18)12-20/h4-11,15H,13H2,1-3H3,(H,21,23)/t15-/m0/s1. The summed E-state index contributed by atoms with van der Waals surface area (Å²) < 4.78 is 0. The van der Waals surface area contributed by atoms with Crippen LogP contribution in [0.5, 0.6) is 0 Å². The van der Waals surface area contributed by atoms with Gasteiger partial charge in [-0.1, -0.05) is 35.9 Å². The van der Waals surface area contributed by atoms with E-state index in [1.807, 2.05) is 18.9 Å². The van der Waals surface area contributed by atoms with E-state index in [2.05, 4.69) is 42.6 Å². The Balaban J connectivity index is 1.98. The lowest BCUT2D eigenvalue weighted by Crippen LogP contribution is -2.39. The zero-order valence-electron chi connectivity index (χ0n) is 13.7. The van der Waals surface area contributed by atoms with E-state index >= 15 is 0 Å². The van der Waals surface area contributed by atoms with Gasteiger partial charge in [0.2, 0.25) is 5.91 Å². The molecule has 0 aromatic heterocycles. The predicted octanol–water partition coefficient (Wildman–Crippen LogP) is 3.33. The number of carbonyl (C=O) groups excluding carboxylic acids is 1. The maximum absolute atomic E-state index is 12.4. The summed E-state index contributed by atoms with van der Waals surface area (Å²) in [5.74, 6) is -0.0882. The Morgan fingerprint density at radius 2 is 1.96 bits per heavy atom. The number of nitriles is 1. The first-order valence-electron chi connectivity index (χ1n) is 7.56. The van der Waals surface area contributed by atoms with Crippen LogP contribution in [0.25, 0.3) is 0 Å². The Hall–Kier alpha value is -2.64. The van der Waals surface area contributed by atoms with E-state index in [0.29, 0.717) is 17.8 Å². The molecular weight excluding hydrogens is 286 g/mol. The first-order chi connectivity index (χ1) is 11.0. The molecule has 0 unspecified atom stereocenters. The number of carbonyl (C=O) groups is 1. The van der Waals surface area contributed by atoms with Crippen molar-refractivity contribution in [3.05, 3.63) is 65.2 Å². The molecule has 0 radical (unpaired) electrons. The molecule has 2 rings (SSSR count). The molecular formula is C19H21N3O. The van der Waals surface area contributed by atoms with Crippen LogP contribution in [0.1, 0.15) is 23.6 Å². The number of rotatable bonds is 5. The summed E-state index contributed by atoms with van der Waals surface area (Å²) in [6, 6.07) is 17.0. The van der Waals surface area contributed by atoms with Crippen LogP contribution in [-0.2, 0) is 11.3 Å². The summed E-state index contributed by atoms with van der Waals surface area (Å²) in [6.07, 6.45) is 0. The Morgan fingerprint density at radius 1 is 1.26 bits per heavy atom. The van der Waals surface area contributed by atoms with Gasteiger partial charge in [0.05, 0.1) is 17.7 Å². The van der Waals surface area contributed by atoms with Crippen molar-refractivity contribution in [3.8, 4) is 6.07 Å². The molecule has 1 N–H and O–H groups in total. The summed E-state index contributed by atoms with van der Waals surface area (Å²) in [5, 5.41) is 11.8. The molecule has 0 spiro atoms. The second-order valence-electron chi connectivity index (χ2n) is 5.76. The molecule has 0 saturated heterocycles. The maximum atomic E-state index is 12.4. The van der Waals surface area contributed by atoms with E-state index in [-0.39, 0.29) is 11.9 Å². The molecule has 23 heavy (non-hydrogen) atoms. The Kier molecular flexibility index (Phi) is 5.51. The van der Waals surface area contributed by atoms with Gasteiger partial charge in [0, 0.05) is 12.2 Å². The number of anilines is 1. The van der Waals surface area contributed by atoms with Crippen LogP contribution >= 0.6 is 0 Å². The Labute approximate surface area is 137 Å². The van der Waals surface area contributed by atoms with Gasteiger partial charge in [-0.2, -0.15) is 5.26 Å². The number of hydrogen-bond acceptors (Lipinski definition) is 3. The van der Waals surface area contributed by atoms with Crippen molar-refractivity contribution >= 4 is 11.6 Å². The third kappa shape index (κ3) is 4.67. The van der Waals surface area contributed by atoms with E-state index in [0.717, 1.165) is 0 Å². The van der Waals surface area contributed by atoms with Gasteiger partial charge in [0.1, 0.15) is 0 Å². The normalized spacial score (nSPS) is 11.8. The molecule has 1 atom stereocenters. The molecule has 0 bridgehead atoms. The van der Waals surface area contributed by atoms with Crippen LogP contribution in [-0.4, -0.2) is 23.9 Å². The van der Waals surface area contributed by atoms with Gasteiger partial charge in [-0.3, -0.25) is 9.69 Å². The molecule has 4 nitrogen and oxygen atoms in total. The third-order valence-corrected chi connectivity index (χ3v) is 3.85. The summed E-state index contributed by atoms with van der Waals surface area (Å²) >= 11 is 0. The minimum Gasteiger partial charge on any atom is -0.325 e. The van der Waals surface area contributed by atoms with Gasteiger partial charge >= 0.3 is 0 Å². The zero-order valence-corrected chi connectivity index (χ0v) is 13.7. The van der Waals surface area contributed by atoms with Crippen LogP contribution in [0.2, 0.25) is 0 Å². The number of hydrogen-bond donors (Lipinski definition) is 1. The van der Waals surface area contributed by atoms with Crippen LogP contribution in [0, 0.1) is 18.3 Å².